The molecule has 5 saturated carbocycles. The van der Waals surface area contributed by atoms with E-state index in [9.17, 15) is 28.4 Å². The number of nitrogens with zero attached hydrogens (tertiary/aromatic N) is 2. The second-order valence-corrected chi connectivity index (χ2v) is 26.9. The number of aliphatic hydroxyl groups is 1. The van der Waals surface area contributed by atoms with Crippen LogP contribution in [0.5, 0.6) is 5.88 Å². The molecule has 11 nitrogen and oxygen atoms in total. The monoisotopic (exact) mass is 970 g/mol. The zero-order chi connectivity index (χ0) is 50.0. The van der Waals surface area contributed by atoms with Crippen LogP contribution in [0.3, 0.4) is 0 Å². The molecule has 0 amide bonds. The van der Waals surface area contributed by atoms with Crippen molar-refractivity contribution in [2.24, 2.45) is 56.7 Å². The van der Waals surface area contributed by atoms with Gasteiger partial charge in [0.1, 0.15) is 33.5 Å². The van der Waals surface area contributed by atoms with E-state index in [0.717, 1.165) is 32.2 Å². The minimum absolute atomic E-state index is 0.0230. The van der Waals surface area contributed by atoms with Gasteiger partial charge >= 0.3 is 11.9 Å². The lowest BCUT2D eigenvalue weighted by Gasteiger charge is -2.72. The number of rotatable bonds is 14. The van der Waals surface area contributed by atoms with E-state index in [2.05, 4.69) is 76.6 Å². The predicted molar refractivity (Wildman–Crippen MR) is 268 cm³/mol. The van der Waals surface area contributed by atoms with Gasteiger partial charge in [0, 0.05) is 31.3 Å². The van der Waals surface area contributed by atoms with Crippen LogP contribution in [0.4, 0.5) is 0 Å². The number of esters is 2. The van der Waals surface area contributed by atoms with Crippen molar-refractivity contribution in [3.8, 4) is 11.9 Å². The summed E-state index contributed by atoms with van der Waals surface area (Å²) in [4.78, 5) is 30.5. The number of fused-ring (bicyclic) bond motifs is 7. The first kappa shape index (κ1) is 51.8. The summed E-state index contributed by atoms with van der Waals surface area (Å²) < 4.78 is 41.9. The first-order valence-corrected chi connectivity index (χ1v) is 28.5. The zero-order valence-corrected chi connectivity index (χ0v) is 44.2. The summed E-state index contributed by atoms with van der Waals surface area (Å²) in [6.45, 7) is 23.8. The van der Waals surface area contributed by atoms with Crippen molar-refractivity contribution in [1.29, 1.82) is 5.26 Å². The number of nitrogens with one attached hydrogen (secondary N) is 1. The van der Waals surface area contributed by atoms with E-state index in [1.807, 2.05) is 0 Å². The highest BCUT2D eigenvalue weighted by atomic mass is 32.2. The van der Waals surface area contributed by atoms with Crippen molar-refractivity contribution in [1.82, 2.24) is 10.3 Å². The van der Waals surface area contributed by atoms with Crippen LogP contribution in [-0.2, 0) is 28.9 Å². The Morgan fingerprint density at radius 2 is 1.68 bits per heavy atom. The molecule has 5 fully saturated rings. The third kappa shape index (κ3) is 9.08. The Hall–Kier alpha value is -3.53. The Labute approximate surface area is 414 Å². The van der Waals surface area contributed by atoms with Crippen LogP contribution >= 0.6 is 0 Å². The number of allylic oxidation sites excluding steroid dienone is 5. The van der Waals surface area contributed by atoms with E-state index >= 15 is 0 Å². The fourth-order valence-corrected chi connectivity index (χ4v) is 17.9. The summed E-state index contributed by atoms with van der Waals surface area (Å²) >= 11 is 0. The van der Waals surface area contributed by atoms with Crippen molar-refractivity contribution in [3.63, 3.8) is 0 Å². The summed E-state index contributed by atoms with van der Waals surface area (Å²) in [6.07, 6.45) is 21.7. The number of sulfone groups is 1. The van der Waals surface area contributed by atoms with Crippen molar-refractivity contribution in [2.45, 2.75) is 194 Å². The van der Waals surface area contributed by atoms with Crippen LogP contribution in [0.1, 0.15) is 177 Å². The van der Waals surface area contributed by atoms with Crippen LogP contribution in [0.15, 0.2) is 53.8 Å². The van der Waals surface area contributed by atoms with Gasteiger partial charge in [0.05, 0.1) is 10.9 Å². The number of hydrogen-bond donors (Lipinski definition) is 2. The molecule has 11 atom stereocenters. The van der Waals surface area contributed by atoms with Crippen LogP contribution < -0.4 is 10.1 Å². The fourth-order valence-electron chi connectivity index (χ4n) is 16.8. The SMILES string of the molecule is C=C(C)[C@@H]1CC[C@]2(NCCC3(O)CCC(S(C)(=O)=O)CC3)CC[C@]3(C)[C@H](CC[C@@H]4[C@@]5(C)CC=C(C6=CC[C@@](COc7ncccc7C#N)(C(=O)OC(C)OC(=O)CC)CC6)C(C)(C)[C@@H]5CC[C@]43C)[C@@H]12. The van der Waals surface area contributed by atoms with Gasteiger partial charge in [-0.1, -0.05) is 65.8 Å². The van der Waals surface area contributed by atoms with Crippen molar-refractivity contribution >= 4 is 21.8 Å². The Bertz CT molecular complexity index is 2380. The summed E-state index contributed by atoms with van der Waals surface area (Å²) in [5.74, 6) is 1.87. The number of carbonyl (C=O) groups excluding carboxylic acids is 2. The Morgan fingerprint density at radius 3 is 2.33 bits per heavy atom. The third-order valence-corrected chi connectivity index (χ3v) is 22.5. The molecular weight excluding hydrogens is 887 g/mol. The molecule has 0 saturated heterocycles. The number of hydrogen-bond acceptors (Lipinski definition) is 11. The van der Waals surface area contributed by atoms with Crippen LogP contribution in [-0.4, -0.2) is 72.5 Å². The molecule has 1 aromatic rings. The molecule has 8 rings (SSSR count). The van der Waals surface area contributed by atoms with Gasteiger partial charge in [0.15, 0.2) is 0 Å². The van der Waals surface area contributed by atoms with Crippen molar-refractivity contribution in [3.05, 3.63) is 59.3 Å². The van der Waals surface area contributed by atoms with Gasteiger partial charge < -0.3 is 24.6 Å². The summed E-state index contributed by atoms with van der Waals surface area (Å²) in [5, 5.41) is 25.2. The van der Waals surface area contributed by atoms with Gasteiger partial charge in [-0.15, -0.1) is 0 Å². The van der Waals surface area contributed by atoms with Gasteiger partial charge in [-0.2, -0.15) is 5.26 Å². The molecule has 0 spiro atoms. The molecule has 0 radical (unpaired) electrons. The van der Waals surface area contributed by atoms with Gasteiger partial charge in [-0.3, -0.25) is 9.59 Å². The molecule has 1 unspecified atom stereocenters. The topological polar surface area (TPSA) is 165 Å². The lowest BCUT2D eigenvalue weighted by Crippen LogP contribution is -2.68. The first-order valence-electron chi connectivity index (χ1n) is 26.5. The zero-order valence-electron chi connectivity index (χ0n) is 43.4. The number of carbonyl (C=O) groups is 2. The summed E-state index contributed by atoms with van der Waals surface area (Å²) in [6, 6.07) is 5.46. The quantitative estimate of drug-likeness (QED) is 0.104. The molecule has 12 heteroatoms. The molecule has 0 aromatic carbocycles. The smallest absolute Gasteiger partial charge is 0.318 e. The standard InChI is InChI=1S/C57H83N3O8S/c1-11-47(61)67-38(4)68-50(62)55(36-66-49-40(35-58)13-12-33-59-49)25-16-39(17-26-55)43-21-23-52(7)45(51(43,5)6)22-24-54(9)46(52)15-14-44-48-42(37(2)3)20-29-57(48,31-30-53(44,54)8)60-34-32-56(63)27-18-41(19-28-56)69(10,64)65/h12-13,16,21,33,38,41-42,44-46,48,60,63H,2,11,14-15,17-20,22-32,34,36H2,1,3-10H3/t38?,41?,42-,44+,45-,46+,48+,52-,53+,54+,55+,56?,57-/m0/s1. The highest BCUT2D eigenvalue weighted by Gasteiger charge is 2.70. The molecule has 2 N–H and O–H groups in total. The molecule has 7 aliphatic carbocycles. The maximum Gasteiger partial charge on any atom is 0.318 e. The molecule has 69 heavy (non-hydrogen) atoms. The average Bonchev–Trinajstić information content (AvgIpc) is 3.68. The van der Waals surface area contributed by atoms with Crippen LogP contribution in [0.25, 0.3) is 0 Å². The van der Waals surface area contributed by atoms with Crippen LogP contribution in [0.2, 0.25) is 0 Å². The van der Waals surface area contributed by atoms with E-state index in [1.165, 1.54) is 55.1 Å². The van der Waals surface area contributed by atoms with E-state index in [4.69, 9.17) is 14.2 Å². The van der Waals surface area contributed by atoms with Crippen molar-refractivity contribution < 1.29 is 37.3 Å². The lowest BCUT2D eigenvalue weighted by atomic mass is 9.33. The minimum Gasteiger partial charge on any atom is -0.475 e. The molecule has 0 bridgehead atoms. The molecule has 7 aliphatic rings. The van der Waals surface area contributed by atoms with E-state index in [0.29, 0.717) is 86.5 Å². The minimum atomic E-state index is -3.09. The van der Waals surface area contributed by atoms with E-state index in [1.54, 1.807) is 32.2 Å². The van der Waals surface area contributed by atoms with E-state index < -0.39 is 39.1 Å². The fraction of sp³-hybridized carbons (Fsp3) is 0.754. The second kappa shape index (κ2) is 18.8. The average molecular weight is 970 g/mol. The Kier molecular flexibility index (Phi) is 14.1. The highest BCUT2D eigenvalue weighted by molar-refractivity contribution is 7.91. The van der Waals surface area contributed by atoms with E-state index in [-0.39, 0.29) is 51.4 Å². The molecular formula is C57H83N3O8S. The van der Waals surface area contributed by atoms with Gasteiger partial charge in [-0.25, -0.2) is 13.4 Å². The van der Waals surface area contributed by atoms with Crippen molar-refractivity contribution in [2.75, 3.05) is 19.4 Å². The molecule has 380 valence electrons. The van der Waals surface area contributed by atoms with Crippen LogP contribution in [0, 0.1) is 68.0 Å². The first-order chi connectivity index (χ1) is 32.4. The van der Waals surface area contributed by atoms with Gasteiger partial charge in [-0.05, 0) is 197 Å². The number of pyridine rings is 1. The molecule has 1 aromatic heterocycles. The normalized spacial score (nSPS) is 39.7. The largest absolute Gasteiger partial charge is 0.475 e. The maximum atomic E-state index is 14.1. The number of ether oxygens (including phenoxy) is 3. The maximum absolute atomic E-state index is 14.1. The highest BCUT2D eigenvalue weighted by Crippen LogP contribution is 2.76. The summed E-state index contributed by atoms with van der Waals surface area (Å²) in [7, 11) is -3.09. The van der Waals surface area contributed by atoms with Gasteiger partial charge in [0.2, 0.25) is 12.2 Å². The summed E-state index contributed by atoms with van der Waals surface area (Å²) in [5.41, 5.74) is 2.82. The number of nitriles is 1. The molecule has 0 aliphatic heterocycles. The number of aromatic nitrogens is 1. The molecule has 1 heterocycles. The third-order valence-electron chi connectivity index (χ3n) is 20.8. The van der Waals surface area contributed by atoms with Gasteiger partial charge in [0.25, 0.3) is 0 Å². The Morgan fingerprint density at radius 1 is 0.942 bits per heavy atom. The predicted octanol–water partition coefficient (Wildman–Crippen LogP) is 10.9. The Balaban J connectivity index is 1.01. The lowest BCUT2D eigenvalue weighted by molar-refractivity contribution is -0.221. The second-order valence-electron chi connectivity index (χ2n) is 24.6.